The standard InChI is InChI=1S/C13H7F4NO3/c14-9-5-6-10(12(19)20)18-11(9)7-1-3-8(4-2-7)21-13(15,16)17/h1-6H,(H,19,20). The number of alkyl halides is 3. The molecule has 0 atom stereocenters. The second-order valence-corrected chi connectivity index (χ2v) is 3.90. The van der Waals surface area contributed by atoms with Crippen LogP contribution in [0.3, 0.4) is 0 Å². The zero-order chi connectivity index (χ0) is 15.6. The van der Waals surface area contributed by atoms with Gasteiger partial charge < -0.3 is 9.84 Å². The number of carboxylic acid groups (broad SMARTS) is 1. The van der Waals surface area contributed by atoms with Crippen molar-refractivity contribution in [2.45, 2.75) is 6.36 Å². The normalized spacial score (nSPS) is 11.2. The summed E-state index contributed by atoms with van der Waals surface area (Å²) in [7, 11) is 0. The number of aromatic carboxylic acids is 1. The van der Waals surface area contributed by atoms with E-state index in [0.717, 1.165) is 36.4 Å². The first-order valence-corrected chi connectivity index (χ1v) is 5.52. The van der Waals surface area contributed by atoms with E-state index in [1.165, 1.54) is 0 Å². The third-order valence-corrected chi connectivity index (χ3v) is 2.43. The van der Waals surface area contributed by atoms with E-state index in [9.17, 15) is 22.4 Å². The molecule has 1 N–H and O–H groups in total. The van der Waals surface area contributed by atoms with Crippen LogP contribution in [0.1, 0.15) is 10.5 Å². The van der Waals surface area contributed by atoms with Crippen molar-refractivity contribution < 1.29 is 32.2 Å². The van der Waals surface area contributed by atoms with Crippen molar-refractivity contribution in [2.24, 2.45) is 0 Å². The maximum absolute atomic E-state index is 13.6. The van der Waals surface area contributed by atoms with Gasteiger partial charge in [-0.2, -0.15) is 0 Å². The summed E-state index contributed by atoms with van der Waals surface area (Å²) in [6.45, 7) is 0. The van der Waals surface area contributed by atoms with E-state index < -0.39 is 23.9 Å². The predicted molar refractivity (Wildman–Crippen MR) is 63.3 cm³/mol. The van der Waals surface area contributed by atoms with Gasteiger partial charge in [-0.25, -0.2) is 14.2 Å². The van der Waals surface area contributed by atoms with Gasteiger partial charge in [0.05, 0.1) is 0 Å². The Morgan fingerprint density at radius 3 is 2.24 bits per heavy atom. The van der Waals surface area contributed by atoms with Gasteiger partial charge in [-0.3, -0.25) is 0 Å². The summed E-state index contributed by atoms with van der Waals surface area (Å²) in [5, 5.41) is 8.79. The zero-order valence-electron chi connectivity index (χ0n) is 10.2. The number of halogens is 4. The van der Waals surface area contributed by atoms with Gasteiger partial charge in [-0.1, -0.05) is 0 Å². The lowest BCUT2D eigenvalue weighted by Crippen LogP contribution is -2.16. The quantitative estimate of drug-likeness (QED) is 0.882. The Kier molecular flexibility index (Phi) is 3.79. The number of hydrogen-bond acceptors (Lipinski definition) is 3. The van der Waals surface area contributed by atoms with Crippen LogP contribution in [0, 0.1) is 5.82 Å². The van der Waals surface area contributed by atoms with Crippen LogP contribution in [0.25, 0.3) is 11.3 Å². The SMILES string of the molecule is O=C(O)c1ccc(F)c(-c2ccc(OC(F)(F)F)cc2)n1. The number of ether oxygens (including phenoxy) is 1. The number of pyridine rings is 1. The van der Waals surface area contributed by atoms with Crippen molar-refractivity contribution in [3.05, 3.63) is 47.9 Å². The molecular weight excluding hydrogens is 294 g/mol. The topological polar surface area (TPSA) is 59.4 Å². The van der Waals surface area contributed by atoms with Crippen LogP contribution < -0.4 is 4.74 Å². The minimum absolute atomic E-state index is 0.130. The summed E-state index contributed by atoms with van der Waals surface area (Å²) in [5.41, 5.74) is -0.513. The van der Waals surface area contributed by atoms with Crippen molar-refractivity contribution in [1.82, 2.24) is 4.98 Å². The van der Waals surface area contributed by atoms with Gasteiger partial charge in [0.2, 0.25) is 0 Å². The molecule has 0 amide bonds. The molecule has 0 aliphatic rings. The molecule has 0 fully saturated rings. The Balaban J connectivity index is 2.34. The molecule has 2 rings (SSSR count). The second-order valence-electron chi connectivity index (χ2n) is 3.90. The Morgan fingerprint density at radius 1 is 1.10 bits per heavy atom. The fourth-order valence-corrected chi connectivity index (χ4v) is 1.58. The van der Waals surface area contributed by atoms with Gasteiger partial charge in [0.15, 0.2) is 0 Å². The molecule has 4 nitrogen and oxygen atoms in total. The molecule has 110 valence electrons. The maximum atomic E-state index is 13.6. The molecule has 1 aromatic heterocycles. The highest BCUT2D eigenvalue weighted by atomic mass is 19.4. The molecule has 21 heavy (non-hydrogen) atoms. The summed E-state index contributed by atoms with van der Waals surface area (Å²) < 4.78 is 53.3. The van der Waals surface area contributed by atoms with Crippen LogP contribution >= 0.6 is 0 Å². The van der Waals surface area contributed by atoms with Gasteiger partial charge in [0.1, 0.15) is 23.0 Å². The largest absolute Gasteiger partial charge is 0.573 e. The van der Waals surface area contributed by atoms with Crippen molar-refractivity contribution >= 4 is 5.97 Å². The molecule has 0 saturated heterocycles. The fourth-order valence-electron chi connectivity index (χ4n) is 1.58. The minimum atomic E-state index is -4.83. The molecular formula is C13H7F4NO3. The van der Waals surface area contributed by atoms with Gasteiger partial charge in [-0.05, 0) is 36.4 Å². The lowest BCUT2D eigenvalue weighted by molar-refractivity contribution is -0.274. The van der Waals surface area contributed by atoms with Crippen molar-refractivity contribution in [2.75, 3.05) is 0 Å². The van der Waals surface area contributed by atoms with Crippen LogP contribution in [0.15, 0.2) is 36.4 Å². The highest BCUT2D eigenvalue weighted by Crippen LogP contribution is 2.27. The first-order chi connectivity index (χ1) is 9.76. The van der Waals surface area contributed by atoms with Crippen molar-refractivity contribution in [1.29, 1.82) is 0 Å². The number of benzene rings is 1. The molecule has 0 aliphatic carbocycles. The van der Waals surface area contributed by atoms with E-state index in [1.54, 1.807) is 0 Å². The lowest BCUT2D eigenvalue weighted by Gasteiger charge is -2.09. The molecule has 2 aromatic rings. The average molecular weight is 301 g/mol. The number of carboxylic acids is 1. The number of hydrogen-bond donors (Lipinski definition) is 1. The Morgan fingerprint density at radius 2 is 1.71 bits per heavy atom. The molecule has 0 bridgehead atoms. The average Bonchev–Trinajstić information content (AvgIpc) is 2.38. The van der Waals surface area contributed by atoms with Crippen molar-refractivity contribution in [3.63, 3.8) is 0 Å². The highest BCUT2D eigenvalue weighted by Gasteiger charge is 2.31. The fraction of sp³-hybridized carbons (Fsp3) is 0.0769. The van der Waals surface area contributed by atoms with Gasteiger partial charge in [-0.15, -0.1) is 13.2 Å². The first-order valence-electron chi connectivity index (χ1n) is 5.52. The number of rotatable bonds is 3. The summed E-state index contributed by atoms with van der Waals surface area (Å²) >= 11 is 0. The third-order valence-electron chi connectivity index (χ3n) is 2.43. The van der Waals surface area contributed by atoms with Crippen LogP contribution in [-0.4, -0.2) is 22.4 Å². The number of nitrogens with zero attached hydrogens (tertiary/aromatic N) is 1. The maximum Gasteiger partial charge on any atom is 0.573 e. The molecule has 1 aromatic carbocycles. The van der Waals surface area contributed by atoms with E-state index in [0.29, 0.717) is 0 Å². The third kappa shape index (κ3) is 3.68. The first kappa shape index (κ1) is 14.8. The molecule has 1 heterocycles. The Bertz CT molecular complexity index is 668. The molecule has 0 radical (unpaired) electrons. The Hall–Kier alpha value is -2.64. The van der Waals surface area contributed by atoms with Crippen molar-refractivity contribution in [3.8, 4) is 17.0 Å². The van der Waals surface area contributed by atoms with E-state index in [4.69, 9.17) is 5.11 Å². The predicted octanol–water partition coefficient (Wildman–Crippen LogP) is 3.48. The summed E-state index contributed by atoms with van der Waals surface area (Å²) in [6.07, 6.45) is -4.83. The number of carbonyl (C=O) groups is 1. The number of aromatic nitrogens is 1. The van der Waals surface area contributed by atoms with Gasteiger partial charge in [0.25, 0.3) is 0 Å². The van der Waals surface area contributed by atoms with Crippen LogP contribution in [-0.2, 0) is 0 Å². The summed E-state index contributed by atoms with van der Waals surface area (Å²) in [5.74, 6) is -2.60. The lowest BCUT2D eigenvalue weighted by atomic mass is 10.1. The second kappa shape index (κ2) is 5.39. The Labute approximate surface area is 115 Å². The van der Waals surface area contributed by atoms with Gasteiger partial charge in [0, 0.05) is 5.56 Å². The molecule has 0 aliphatic heterocycles. The molecule has 8 heteroatoms. The zero-order valence-corrected chi connectivity index (χ0v) is 10.2. The minimum Gasteiger partial charge on any atom is -0.477 e. The van der Waals surface area contributed by atoms with Crippen LogP contribution in [0.4, 0.5) is 17.6 Å². The highest BCUT2D eigenvalue weighted by molar-refractivity contribution is 5.86. The van der Waals surface area contributed by atoms with Gasteiger partial charge >= 0.3 is 12.3 Å². The summed E-state index contributed by atoms with van der Waals surface area (Å²) in [4.78, 5) is 14.4. The summed E-state index contributed by atoms with van der Waals surface area (Å²) in [6, 6.07) is 6.18. The van der Waals surface area contributed by atoms with E-state index >= 15 is 0 Å². The van der Waals surface area contributed by atoms with E-state index in [-0.39, 0.29) is 17.0 Å². The smallest absolute Gasteiger partial charge is 0.477 e. The monoisotopic (exact) mass is 301 g/mol. The van der Waals surface area contributed by atoms with Crippen LogP contribution in [0.2, 0.25) is 0 Å². The van der Waals surface area contributed by atoms with E-state index in [1.807, 2.05) is 0 Å². The molecule has 0 spiro atoms. The van der Waals surface area contributed by atoms with Crippen LogP contribution in [0.5, 0.6) is 5.75 Å². The molecule has 0 saturated carbocycles. The van der Waals surface area contributed by atoms with E-state index in [2.05, 4.69) is 9.72 Å². The molecule has 0 unspecified atom stereocenters.